The molecular formula is C21H22N4O. The van der Waals surface area contributed by atoms with Gasteiger partial charge >= 0.3 is 0 Å². The number of aromatic nitrogens is 1. The van der Waals surface area contributed by atoms with Crippen LogP contribution in [0.2, 0.25) is 0 Å². The Morgan fingerprint density at radius 2 is 1.73 bits per heavy atom. The van der Waals surface area contributed by atoms with Crippen LogP contribution in [0.15, 0.2) is 42.5 Å². The van der Waals surface area contributed by atoms with Gasteiger partial charge in [-0.1, -0.05) is 30.3 Å². The number of benzene rings is 2. The Kier molecular flexibility index (Phi) is 3.68. The fourth-order valence-corrected chi connectivity index (χ4v) is 4.22. The maximum absolute atomic E-state index is 12.3. The van der Waals surface area contributed by atoms with E-state index in [9.17, 15) is 4.79 Å². The first-order chi connectivity index (χ1) is 12.8. The van der Waals surface area contributed by atoms with Gasteiger partial charge in [0.25, 0.3) is 5.91 Å². The van der Waals surface area contributed by atoms with E-state index in [1.807, 2.05) is 18.2 Å². The minimum absolute atomic E-state index is 0.0337. The first-order valence-corrected chi connectivity index (χ1v) is 9.29. The van der Waals surface area contributed by atoms with E-state index >= 15 is 0 Å². The van der Waals surface area contributed by atoms with Gasteiger partial charge in [0.05, 0.1) is 23.6 Å². The third kappa shape index (κ3) is 2.47. The summed E-state index contributed by atoms with van der Waals surface area (Å²) >= 11 is 0. The van der Waals surface area contributed by atoms with E-state index in [0.717, 1.165) is 46.5 Å². The molecule has 0 saturated carbocycles. The van der Waals surface area contributed by atoms with E-state index in [1.165, 1.54) is 18.4 Å². The Hall–Kier alpha value is -2.79. The van der Waals surface area contributed by atoms with Crippen molar-refractivity contribution in [3.05, 3.63) is 53.6 Å². The van der Waals surface area contributed by atoms with Crippen LogP contribution in [-0.4, -0.2) is 30.6 Å². The molecule has 4 N–H and O–H groups in total. The summed E-state index contributed by atoms with van der Waals surface area (Å²) in [6.07, 6.45) is 2.41. The standard InChI is InChI=1S/C21H22N4O/c26-21-16-2-1-3-17-18(16)20(23-12-24-21)19(25-17)15-6-4-13(5-7-15)14-8-10-22-11-9-14/h1-7,14,22-23,25H,8-12H2,(H,24,26). The number of piperidine rings is 1. The highest BCUT2D eigenvalue weighted by atomic mass is 16.1. The molecule has 0 aliphatic carbocycles. The van der Waals surface area contributed by atoms with Crippen LogP contribution in [0.4, 0.5) is 5.69 Å². The summed E-state index contributed by atoms with van der Waals surface area (Å²) in [5.74, 6) is 0.620. The summed E-state index contributed by atoms with van der Waals surface area (Å²) in [4.78, 5) is 15.8. The third-order valence-corrected chi connectivity index (χ3v) is 5.59. The number of anilines is 1. The second-order valence-corrected chi connectivity index (χ2v) is 7.11. The molecule has 1 amide bonds. The Balaban J connectivity index is 1.57. The van der Waals surface area contributed by atoms with Crippen LogP contribution in [0.3, 0.4) is 0 Å². The van der Waals surface area contributed by atoms with Crippen LogP contribution in [0.1, 0.15) is 34.7 Å². The number of carbonyl (C=O) groups excluding carboxylic acids is 1. The second kappa shape index (κ2) is 6.18. The lowest BCUT2D eigenvalue weighted by Crippen LogP contribution is -2.26. The number of rotatable bonds is 2. The predicted molar refractivity (Wildman–Crippen MR) is 105 cm³/mol. The number of H-pyrrole nitrogens is 1. The molecular weight excluding hydrogens is 324 g/mol. The molecule has 3 aromatic rings. The van der Waals surface area contributed by atoms with Crippen molar-refractivity contribution in [3.63, 3.8) is 0 Å². The van der Waals surface area contributed by atoms with Crippen molar-refractivity contribution in [2.75, 3.05) is 25.1 Å². The average molecular weight is 346 g/mol. The molecule has 1 aromatic heterocycles. The van der Waals surface area contributed by atoms with Crippen molar-refractivity contribution in [2.24, 2.45) is 0 Å². The summed E-state index contributed by atoms with van der Waals surface area (Å²) in [6.45, 7) is 2.64. The van der Waals surface area contributed by atoms with E-state index in [1.54, 1.807) is 0 Å². The molecule has 1 saturated heterocycles. The molecule has 3 heterocycles. The van der Waals surface area contributed by atoms with Gasteiger partial charge in [-0.2, -0.15) is 0 Å². The molecule has 0 bridgehead atoms. The van der Waals surface area contributed by atoms with Crippen LogP contribution in [0, 0.1) is 0 Å². The highest BCUT2D eigenvalue weighted by Crippen LogP contribution is 2.38. The van der Waals surface area contributed by atoms with Gasteiger partial charge in [-0.25, -0.2) is 0 Å². The van der Waals surface area contributed by atoms with Crippen molar-refractivity contribution >= 4 is 22.5 Å². The van der Waals surface area contributed by atoms with E-state index in [2.05, 4.69) is 45.2 Å². The van der Waals surface area contributed by atoms with Gasteiger partial charge in [0.1, 0.15) is 0 Å². The quantitative estimate of drug-likeness (QED) is 0.575. The fraction of sp³-hybridized carbons (Fsp3) is 0.286. The molecule has 2 aromatic carbocycles. The van der Waals surface area contributed by atoms with Crippen LogP contribution in [0.25, 0.3) is 22.2 Å². The monoisotopic (exact) mass is 346 g/mol. The largest absolute Gasteiger partial charge is 0.366 e. The second-order valence-electron chi connectivity index (χ2n) is 7.11. The summed E-state index contributed by atoms with van der Waals surface area (Å²) in [6, 6.07) is 14.7. The number of hydrogen-bond acceptors (Lipinski definition) is 3. The number of aromatic amines is 1. The molecule has 132 valence electrons. The number of nitrogens with one attached hydrogen (secondary N) is 4. The first-order valence-electron chi connectivity index (χ1n) is 9.29. The topological polar surface area (TPSA) is 69.0 Å². The molecule has 0 atom stereocenters. The normalized spacial score (nSPS) is 17.6. The number of amides is 1. The van der Waals surface area contributed by atoms with Gasteiger partial charge < -0.3 is 20.9 Å². The molecule has 5 nitrogen and oxygen atoms in total. The van der Waals surface area contributed by atoms with Gasteiger partial charge in [-0.15, -0.1) is 0 Å². The highest BCUT2D eigenvalue weighted by molar-refractivity contribution is 6.15. The van der Waals surface area contributed by atoms with E-state index < -0.39 is 0 Å². The molecule has 0 spiro atoms. The predicted octanol–water partition coefficient (Wildman–Crippen LogP) is 3.41. The van der Waals surface area contributed by atoms with E-state index in [-0.39, 0.29) is 5.91 Å². The number of carbonyl (C=O) groups is 1. The van der Waals surface area contributed by atoms with Gasteiger partial charge in [-0.05, 0) is 49.5 Å². The Bertz CT molecular complexity index is 968. The smallest absolute Gasteiger partial charge is 0.253 e. The van der Waals surface area contributed by atoms with Crippen molar-refractivity contribution < 1.29 is 4.79 Å². The van der Waals surface area contributed by atoms with Crippen LogP contribution < -0.4 is 16.0 Å². The summed E-state index contributed by atoms with van der Waals surface area (Å²) in [5.41, 5.74) is 6.31. The molecule has 26 heavy (non-hydrogen) atoms. The minimum atomic E-state index is -0.0337. The molecule has 1 fully saturated rings. The zero-order chi connectivity index (χ0) is 17.5. The van der Waals surface area contributed by atoms with Crippen LogP contribution >= 0.6 is 0 Å². The van der Waals surface area contributed by atoms with Crippen LogP contribution in [0.5, 0.6) is 0 Å². The van der Waals surface area contributed by atoms with Crippen molar-refractivity contribution in [3.8, 4) is 11.3 Å². The lowest BCUT2D eigenvalue weighted by atomic mass is 9.89. The molecule has 0 radical (unpaired) electrons. The maximum atomic E-state index is 12.3. The molecule has 5 rings (SSSR count). The SMILES string of the molecule is O=C1NCNc2c(-c3ccc(C4CCNCC4)cc3)[nH]c3cccc1c23. The maximum Gasteiger partial charge on any atom is 0.253 e. The van der Waals surface area contributed by atoms with Crippen LogP contribution in [-0.2, 0) is 0 Å². The summed E-state index contributed by atoms with van der Waals surface area (Å²) in [7, 11) is 0. The van der Waals surface area contributed by atoms with Gasteiger partial charge in [0.2, 0.25) is 0 Å². The lowest BCUT2D eigenvalue weighted by Gasteiger charge is -2.23. The van der Waals surface area contributed by atoms with Crippen molar-refractivity contribution in [1.29, 1.82) is 0 Å². The first kappa shape index (κ1) is 15.5. The summed E-state index contributed by atoms with van der Waals surface area (Å²) in [5, 5.41) is 10.7. The number of hydrogen-bond donors (Lipinski definition) is 4. The fourth-order valence-electron chi connectivity index (χ4n) is 4.22. The van der Waals surface area contributed by atoms with Gasteiger partial charge in [0, 0.05) is 16.5 Å². The van der Waals surface area contributed by atoms with Gasteiger partial charge in [-0.3, -0.25) is 4.79 Å². The van der Waals surface area contributed by atoms with E-state index in [0.29, 0.717) is 12.6 Å². The summed E-state index contributed by atoms with van der Waals surface area (Å²) < 4.78 is 0. The van der Waals surface area contributed by atoms with Crippen molar-refractivity contribution in [1.82, 2.24) is 15.6 Å². The third-order valence-electron chi connectivity index (χ3n) is 5.59. The lowest BCUT2D eigenvalue weighted by molar-refractivity contribution is 0.0959. The Morgan fingerprint density at radius 1 is 0.923 bits per heavy atom. The molecule has 5 heteroatoms. The zero-order valence-corrected chi connectivity index (χ0v) is 14.6. The van der Waals surface area contributed by atoms with Gasteiger partial charge in [0.15, 0.2) is 0 Å². The van der Waals surface area contributed by atoms with E-state index in [4.69, 9.17) is 0 Å². The minimum Gasteiger partial charge on any atom is -0.366 e. The zero-order valence-electron chi connectivity index (χ0n) is 14.6. The van der Waals surface area contributed by atoms with Crippen molar-refractivity contribution in [2.45, 2.75) is 18.8 Å². The Morgan fingerprint density at radius 3 is 2.54 bits per heavy atom. The Labute approximate surface area is 152 Å². The molecule has 2 aliphatic rings. The average Bonchev–Trinajstić information content (AvgIpc) is 2.98. The molecule has 0 unspecified atom stereocenters. The molecule has 2 aliphatic heterocycles. The highest BCUT2D eigenvalue weighted by Gasteiger charge is 2.22.